The van der Waals surface area contributed by atoms with Gasteiger partial charge in [0.25, 0.3) is 0 Å². The molecule has 0 saturated heterocycles. The molecule has 1 saturated carbocycles. The molecule has 1 aromatic heterocycles. The van der Waals surface area contributed by atoms with Gasteiger partial charge in [-0.25, -0.2) is 0 Å². The van der Waals surface area contributed by atoms with E-state index in [1.54, 1.807) is 0 Å². The summed E-state index contributed by atoms with van der Waals surface area (Å²) in [5.41, 5.74) is 0.441. The number of benzene rings is 2. The molecule has 1 unspecified atom stereocenters. The molecule has 0 aliphatic heterocycles. The van der Waals surface area contributed by atoms with Crippen LogP contribution in [0, 0.1) is 5.92 Å². The van der Waals surface area contributed by atoms with Crippen molar-refractivity contribution in [1.82, 2.24) is 5.16 Å². The molecule has 1 fully saturated rings. The van der Waals surface area contributed by atoms with E-state index in [4.69, 9.17) is 9.26 Å². The molecule has 2 aromatic carbocycles. The lowest BCUT2D eigenvalue weighted by Crippen LogP contribution is -3.00. The maximum atomic E-state index is 12.0. The smallest absolute Gasteiger partial charge is 0.191 e. The first-order chi connectivity index (χ1) is 16.0. The third kappa shape index (κ3) is 6.49. The van der Waals surface area contributed by atoms with Crippen molar-refractivity contribution >= 4 is 0 Å². The standard InChI is InChI=1S/C28H37N2O3.BrH/c1-30(2,19-12-20-32-25-17-10-5-11-18-25)22-26-21-27(29-33-26)28(31,23-13-6-3-7-14-23)24-15-8-4-9-16-24;/h3,5-7,10-11,13-14,17-18,21,24,31H,4,8-9,12,15-16,19-20,22H2,1-2H3;1H/q+1;/p-1. The van der Waals surface area contributed by atoms with Gasteiger partial charge in [0.05, 0.1) is 27.2 Å². The van der Waals surface area contributed by atoms with Crippen molar-refractivity contribution in [3.8, 4) is 5.75 Å². The maximum absolute atomic E-state index is 12.0. The highest BCUT2D eigenvalue weighted by Gasteiger charge is 2.43. The van der Waals surface area contributed by atoms with Crippen LogP contribution < -0.4 is 21.7 Å². The second-order valence-electron chi connectivity index (χ2n) is 9.98. The Morgan fingerprint density at radius 2 is 1.65 bits per heavy atom. The van der Waals surface area contributed by atoms with Crippen LogP contribution in [0.25, 0.3) is 0 Å². The number of aliphatic hydroxyl groups is 1. The Balaban J connectivity index is 0.00000324. The molecule has 0 bridgehead atoms. The lowest BCUT2D eigenvalue weighted by atomic mass is 9.71. The molecule has 1 N–H and O–H groups in total. The first-order valence-corrected chi connectivity index (χ1v) is 12.2. The quantitative estimate of drug-likeness (QED) is 0.324. The lowest BCUT2D eigenvalue weighted by molar-refractivity contribution is -0.904. The van der Waals surface area contributed by atoms with E-state index in [2.05, 4.69) is 19.3 Å². The van der Waals surface area contributed by atoms with Crippen LogP contribution >= 0.6 is 0 Å². The predicted octanol–water partition coefficient (Wildman–Crippen LogP) is 2.54. The number of ether oxygens (including phenoxy) is 1. The van der Waals surface area contributed by atoms with Crippen LogP contribution in [-0.4, -0.2) is 42.0 Å². The van der Waals surface area contributed by atoms with Gasteiger partial charge in [-0.2, -0.15) is 0 Å². The predicted molar refractivity (Wildman–Crippen MR) is 130 cm³/mol. The summed E-state index contributed by atoms with van der Waals surface area (Å²) >= 11 is 0. The summed E-state index contributed by atoms with van der Waals surface area (Å²) in [5, 5.41) is 16.4. The van der Waals surface area contributed by atoms with E-state index in [0.29, 0.717) is 18.8 Å². The van der Waals surface area contributed by atoms with E-state index in [9.17, 15) is 5.11 Å². The molecule has 1 atom stereocenters. The maximum Gasteiger partial charge on any atom is 0.191 e. The van der Waals surface area contributed by atoms with Gasteiger partial charge in [0.1, 0.15) is 23.6 Å². The van der Waals surface area contributed by atoms with Gasteiger partial charge in [0, 0.05) is 12.5 Å². The van der Waals surface area contributed by atoms with Gasteiger partial charge in [-0.3, -0.25) is 0 Å². The molecule has 6 heteroatoms. The summed E-state index contributed by atoms with van der Waals surface area (Å²) in [6.45, 7) is 2.35. The van der Waals surface area contributed by atoms with Gasteiger partial charge in [0.15, 0.2) is 5.76 Å². The highest BCUT2D eigenvalue weighted by atomic mass is 79.9. The van der Waals surface area contributed by atoms with Crippen molar-refractivity contribution in [3.63, 3.8) is 0 Å². The van der Waals surface area contributed by atoms with Crippen molar-refractivity contribution in [2.24, 2.45) is 5.92 Å². The molecular weight excluding hydrogens is 492 g/mol. The number of rotatable bonds is 10. The summed E-state index contributed by atoms with van der Waals surface area (Å²) in [4.78, 5) is 0. The van der Waals surface area contributed by atoms with E-state index in [-0.39, 0.29) is 22.9 Å². The Morgan fingerprint density at radius 1 is 1.00 bits per heavy atom. The molecule has 4 rings (SSSR count). The molecule has 0 spiro atoms. The second kappa shape index (κ2) is 12.0. The number of aromatic nitrogens is 1. The number of para-hydroxylation sites is 1. The van der Waals surface area contributed by atoms with Crippen LogP contribution in [0.15, 0.2) is 71.3 Å². The molecule has 5 nitrogen and oxygen atoms in total. The lowest BCUT2D eigenvalue weighted by Gasteiger charge is -2.37. The van der Waals surface area contributed by atoms with Gasteiger partial charge < -0.3 is 35.8 Å². The molecule has 1 heterocycles. The zero-order chi connectivity index (χ0) is 23.2. The van der Waals surface area contributed by atoms with Crippen molar-refractivity contribution in [2.75, 3.05) is 27.2 Å². The number of hydrogen-bond donors (Lipinski definition) is 1. The van der Waals surface area contributed by atoms with Crippen molar-refractivity contribution in [2.45, 2.75) is 50.7 Å². The van der Waals surface area contributed by atoms with Crippen LogP contribution in [0.1, 0.15) is 55.5 Å². The first-order valence-electron chi connectivity index (χ1n) is 12.2. The minimum Gasteiger partial charge on any atom is -1.00 e. The number of hydrogen-bond acceptors (Lipinski definition) is 4. The van der Waals surface area contributed by atoms with Crippen LogP contribution in [0.4, 0.5) is 0 Å². The summed E-state index contributed by atoms with van der Waals surface area (Å²) in [5.74, 6) is 1.87. The topological polar surface area (TPSA) is 55.5 Å². The Hall–Kier alpha value is -2.15. The zero-order valence-electron chi connectivity index (χ0n) is 20.3. The summed E-state index contributed by atoms with van der Waals surface area (Å²) < 4.78 is 12.4. The SMILES string of the molecule is C[N+](C)(CCCOc1ccccc1)Cc1cc(C(O)(c2ccccc2)C2CCCCC2)no1.[Br-]. The number of quaternary nitrogens is 1. The summed E-state index contributed by atoms with van der Waals surface area (Å²) in [6.07, 6.45) is 6.51. The van der Waals surface area contributed by atoms with Gasteiger partial charge in [-0.1, -0.05) is 73.0 Å². The van der Waals surface area contributed by atoms with Gasteiger partial charge in [-0.05, 0) is 36.5 Å². The van der Waals surface area contributed by atoms with Crippen LogP contribution in [0.5, 0.6) is 5.75 Å². The summed E-state index contributed by atoms with van der Waals surface area (Å²) in [6, 6.07) is 21.9. The fourth-order valence-electron chi connectivity index (χ4n) is 5.07. The molecule has 0 amide bonds. The molecule has 184 valence electrons. The largest absolute Gasteiger partial charge is 1.00 e. The average Bonchev–Trinajstić information content (AvgIpc) is 3.31. The number of halogens is 1. The third-order valence-electron chi connectivity index (χ3n) is 6.86. The van der Waals surface area contributed by atoms with Gasteiger partial charge in [0.2, 0.25) is 0 Å². The van der Waals surface area contributed by atoms with E-state index in [0.717, 1.165) is 60.2 Å². The highest BCUT2D eigenvalue weighted by molar-refractivity contribution is 5.33. The zero-order valence-corrected chi connectivity index (χ0v) is 21.9. The minimum absolute atomic E-state index is 0. The fraction of sp³-hybridized carbons (Fsp3) is 0.464. The number of nitrogens with zero attached hydrogens (tertiary/aromatic N) is 2. The van der Waals surface area contributed by atoms with Crippen molar-refractivity contribution in [1.29, 1.82) is 0 Å². The first kappa shape index (κ1) is 26.5. The fourth-order valence-corrected chi connectivity index (χ4v) is 5.07. The molecule has 3 aromatic rings. The Morgan fingerprint density at radius 3 is 2.32 bits per heavy atom. The second-order valence-corrected chi connectivity index (χ2v) is 9.98. The van der Waals surface area contributed by atoms with Gasteiger partial charge >= 0.3 is 0 Å². The molecule has 1 aliphatic rings. The molecule has 1 aliphatic carbocycles. The Bertz CT molecular complexity index is 987. The van der Waals surface area contributed by atoms with E-state index < -0.39 is 5.60 Å². The highest BCUT2D eigenvalue weighted by Crippen LogP contribution is 2.43. The van der Waals surface area contributed by atoms with Gasteiger partial charge in [-0.15, -0.1) is 0 Å². The molecule has 34 heavy (non-hydrogen) atoms. The third-order valence-corrected chi connectivity index (χ3v) is 6.86. The van der Waals surface area contributed by atoms with Crippen LogP contribution in [-0.2, 0) is 12.1 Å². The van der Waals surface area contributed by atoms with Crippen molar-refractivity contribution < 1.29 is 35.8 Å². The van der Waals surface area contributed by atoms with E-state index in [1.165, 1.54) is 6.42 Å². The molecule has 0 radical (unpaired) electrons. The normalized spacial score (nSPS) is 16.4. The monoisotopic (exact) mass is 528 g/mol. The van der Waals surface area contributed by atoms with E-state index >= 15 is 0 Å². The Labute approximate surface area is 214 Å². The minimum atomic E-state index is -1.11. The molecular formula is C28H37BrN2O3. The Kier molecular flexibility index (Phi) is 9.34. The van der Waals surface area contributed by atoms with Crippen LogP contribution in [0.3, 0.4) is 0 Å². The van der Waals surface area contributed by atoms with Crippen molar-refractivity contribution in [3.05, 3.63) is 83.7 Å². The van der Waals surface area contributed by atoms with Crippen LogP contribution in [0.2, 0.25) is 0 Å². The van der Waals surface area contributed by atoms with E-state index in [1.807, 2.05) is 66.7 Å². The summed E-state index contributed by atoms with van der Waals surface area (Å²) in [7, 11) is 4.38. The average molecular weight is 530 g/mol.